The van der Waals surface area contributed by atoms with Gasteiger partial charge in [0.05, 0.1) is 16.1 Å². The van der Waals surface area contributed by atoms with Crippen LogP contribution in [-0.4, -0.2) is 105 Å². The van der Waals surface area contributed by atoms with Crippen LogP contribution < -0.4 is 25.3 Å². The van der Waals surface area contributed by atoms with Crippen LogP contribution in [0.2, 0.25) is 5.02 Å². The van der Waals surface area contributed by atoms with Crippen molar-refractivity contribution in [3.8, 4) is 6.07 Å². The van der Waals surface area contributed by atoms with Crippen molar-refractivity contribution in [3.05, 3.63) is 82.6 Å². The number of anilines is 4. The van der Waals surface area contributed by atoms with Gasteiger partial charge in [-0.3, -0.25) is 24.6 Å². The van der Waals surface area contributed by atoms with E-state index in [2.05, 4.69) is 55.4 Å². The molecule has 5 saturated heterocycles. The molecule has 57 heavy (non-hydrogen) atoms. The number of hydrogen-bond donors (Lipinski definition) is 2. The molecule has 5 aliphatic rings. The summed E-state index contributed by atoms with van der Waals surface area (Å²) in [6.45, 7) is 10.8. The van der Waals surface area contributed by atoms with Crippen molar-refractivity contribution in [3.63, 3.8) is 0 Å². The number of benzene rings is 3. The van der Waals surface area contributed by atoms with E-state index in [1.165, 1.54) is 0 Å². The van der Waals surface area contributed by atoms with Gasteiger partial charge in [0, 0.05) is 101 Å². The molecule has 11 nitrogen and oxygen atoms in total. The standard InChI is InChI=1S/C44H52ClFN8O3/c1-30-26-44(29-54(30)36-6-5-32(27-47)38(45)24-36)13-17-51(18-14-44)35-7-8-37(39(46)25-35)43(57)53-15-11-31(12-16-53)28-50-19-21-52(22-20-50)34-4-2-3-33(23-34)48-40-9-10-41(55)49-42(40)56/h2-8,23-25,30-31,40,48H,9-22,26,28-29H2,1H3,(H,49,55,56)/t30-,40?/m1/s1. The van der Waals surface area contributed by atoms with Crippen LogP contribution in [0.15, 0.2) is 60.7 Å². The normalized spacial score (nSPS) is 23.1. The van der Waals surface area contributed by atoms with Gasteiger partial charge in [0.25, 0.3) is 5.91 Å². The van der Waals surface area contributed by atoms with E-state index in [0.29, 0.717) is 48.5 Å². The van der Waals surface area contributed by atoms with Gasteiger partial charge in [-0.15, -0.1) is 0 Å². The Labute approximate surface area is 339 Å². The van der Waals surface area contributed by atoms with E-state index in [4.69, 9.17) is 11.6 Å². The quantitative estimate of drug-likeness (QED) is 0.260. The van der Waals surface area contributed by atoms with Gasteiger partial charge in [0.2, 0.25) is 11.8 Å². The third kappa shape index (κ3) is 8.56. The van der Waals surface area contributed by atoms with Gasteiger partial charge in [-0.05, 0) is 111 Å². The molecule has 0 aromatic heterocycles. The highest BCUT2D eigenvalue weighted by Crippen LogP contribution is 2.46. The van der Waals surface area contributed by atoms with E-state index >= 15 is 4.39 Å². The average Bonchev–Trinajstić information content (AvgIpc) is 3.54. The largest absolute Gasteiger partial charge is 0.374 e. The second-order valence-corrected chi connectivity index (χ2v) is 17.2. The molecule has 0 bridgehead atoms. The minimum atomic E-state index is -0.451. The molecule has 5 aliphatic heterocycles. The van der Waals surface area contributed by atoms with E-state index in [0.717, 1.165) is 107 Å². The number of nitrogens with one attached hydrogen (secondary N) is 2. The Bertz CT molecular complexity index is 2030. The Morgan fingerprint density at radius 2 is 1.63 bits per heavy atom. The number of piperazine rings is 1. The summed E-state index contributed by atoms with van der Waals surface area (Å²) in [5.41, 5.74) is 4.69. The van der Waals surface area contributed by atoms with E-state index in [1.54, 1.807) is 18.2 Å². The van der Waals surface area contributed by atoms with Gasteiger partial charge in [0.1, 0.15) is 17.9 Å². The number of nitriles is 1. The highest BCUT2D eigenvalue weighted by Gasteiger charge is 2.44. The lowest BCUT2D eigenvalue weighted by Crippen LogP contribution is -2.49. The Morgan fingerprint density at radius 1 is 0.912 bits per heavy atom. The average molecular weight is 795 g/mol. The fourth-order valence-corrected chi connectivity index (χ4v) is 10.00. The van der Waals surface area contributed by atoms with Crippen LogP contribution in [0.5, 0.6) is 0 Å². The molecule has 1 spiro atoms. The van der Waals surface area contributed by atoms with E-state index in [-0.39, 0.29) is 28.7 Å². The third-order valence-electron chi connectivity index (χ3n) is 13.1. The maximum atomic E-state index is 15.6. The van der Waals surface area contributed by atoms with Crippen molar-refractivity contribution < 1.29 is 18.8 Å². The van der Waals surface area contributed by atoms with Gasteiger partial charge in [-0.1, -0.05) is 17.7 Å². The van der Waals surface area contributed by atoms with Crippen molar-refractivity contribution in [2.45, 2.75) is 64.0 Å². The molecule has 2 atom stereocenters. The van der Waals surface area contributed by atoms with E-state index < -0.39 is 11.9 Å². The number of carbonyl (C=O) groups excluding carboxylic acids is 3. The highest BCUT2D eigenvalue weighted by molar-refractivity contribution is 6.32. The minimum Gasteiger partial charge on any atom is -0.374 e. The lowest BCUT2D eigenvalue weighted by Gasteiger charge is -2.40. The molecule has 0 saturated carbocycles. The molecule has 1 unspecified atom stereocenters. The topological polar surface area (TPSA) is 115 Å². The van der Waals surface area contributed by atoms with Crippen LogP contribution in [-0.2, 0) is 9.59 Å². The number of rotatable bonds is 8. The fourth-order valence-electron chi connectivity index (χ4n) is 9.78. The predicted octanol–water partition coefficient (Wildman–Crippen LogP) is 6.13. The lowest BCUT2D eigenvalue weighted by molar-refractivity contribution is -0.133. The zero-order valence-corrected chi connectivity index (χ0v) is 33.4. The maximum absolute atomic E-state index is 15.6. The third-order valence-corrected chi connectivity index (χ3v) is 13.4. The zero-order valence-electron chi connectivity index (χ0n) is 32.7. The fraction of sp³-hybridized carbons (Fsp3) is 0.500. The van der Waals surface area contributed by atoms with Gasteiger partial charge in [-0.25, -0.2) is 4.39 Å². The van der Waals surface area contributed by atoms with Crippen LogP contribution >= 0.6 is 11.6 Å². The van der Waals surface area contributed by atoms with Gasteiger partial charge in [0.15, 0.2) is 0 Å². The number of nitrogens with zero attached hydrogens (tertiary/aromatic N) is 6. The van der Waals surface area contributed by atoms with Crippen molar-refractivity contribution in [1.29, 1.82) is 5.26 Å². The molecule has 2 N–H and O–H groups in total. The summed E-state index contributed by atoms with van der Waals surface area (Å²) < 4.78 is 15.6. The molecule has 5 fully saturated rings. The minimum absolute atomic E-state index is 0.152. The van der Waals surface area contributed by atoms with Crippen LogP contribution in [0, 0.1) is 28.5 Å². The molecular weight excluding hydrogens is 743 g/mol. The van der Waals surface area contributed by atoms with E-state index in [9.17, 15) is 19.6 Å². The van der Waals surface area contributed by atoms with Crippen molar-refractivity contribution in [2.75, 3.05) is 85.5 Å². The number of halogens is 2. The first-order valence-electron chi connectivity index (χ1n) is 20.5. The van der Waals surface area contributed by atoms with Crippen molar-refractivity contribution in [2.24, 2.45) is 11.3 Å². The molecule has 3 aromatic rings. The molecule has 3 aromatic carbocycles. The molecule has 3 amide bonds. The van der Waals surface area contributed by atoms with Crippen LogP contribution in [0.25, 0.3) is 0 Å². The van der Waals surface area contributed by atoms with Gasteiger partial charge < -0.3 is 24.9 Å². The number of piperidine rings is 3. The second kappa shape index (κ2) is 16.5. The first-order valence-corrected chi connectivity index (χ1v) is 20.9. The monoisotopic (exact) mass is 794 g/mol. The molecule has 0 aliphatic carbocycles. The van der Waals surface area contributed by atoms with Crippen LogP contribution in [0.1, 0.15) is 67.8 Å². The van der Waals surface area contributed by atoms with Crippen LogP contribution in [0.4, 0.5) is 27.1 Å². The van der Waals surface area contributed by atoms with E-state index in [1.807, 2.05) is 35.2 Å². The van der Waals surface area contributed by atoms with Crippen molar-refractivity contribution >= 4 is 52.1 Å². The van der Waals surface area contributed by atoms with Gasteiger partial charge in [-0.2, -0.15) is 5.26 Å². The molecule has 8 rings (SSSR count). The summed E-state index contributed by atoms with van der Waals surface area (Å²) in [5, 5.41) is 15.5. The number of imide groups is 1. The SMILES string of the molecule is C[C@@H]1CC2(CCN(c3ccc(C(=O)N4CCC(CN5CCN(c6cccc(NC7CCC(=O)NC7=O)c6)CC5)CC4)c(F)c3)CC2)CN1c1ccc(C#N)c(Cl)c1. The number of amides is 3. The first kappa shape index (κ1) is 39.0. The summed E-state index contributed by atoms with van der Waals surface area (Å²) >= 11 is 6.36. The molecule has 13 heteroatoms. The predicted molar refractivity (Wildman–Crippen MR) is 221 cm³/mol. The van der Waals surface area contributed by atoms with Crippen LogP contribution in [0.3, 0.4) is 0 Å². The zero-order chi connectivity index (χ0) is 39.7. The van der Waals surface area contributed by atoms with Crippen molar-refractivity contribution in [1.82, 2.24) is 15.1 Å². The smallest absolute Gasteiger partial charge is 0.256 e. The highest BCUT2D eigenvalue weighted by atomic mass is 35.5. The molecule has 5 heterocycles. The summed E-state index contributed by atoms with van der Waals surface area (Å²) in [7, 11) is 0. The maximum Gasteiger partial charge on any atom is 0.256 e. The Hall–Kier alpha value is -4.86. The first-order chi connectivity index (χ1) is 27.6. The Morgan fingerprint density at radius 3 is 2.33 bits per heavy atom. The molecular formula is C44H52ClFN8O3. The number of likely N-dealkylation sites (tertiary alicyclic amines) is 1. The second-order valence-electron chi connectivity index (χ2n) is 16.8. The summed E-state index contributed by atoms with van der Waals surface area (Å²) in [5.74, 6) is -0.669. The molecule has 0 radical (unpaired) electrons. The lowest BCUT2D eigenvalue weighted by atomic mass is 9.76. The summed E-state index contributed by atoms with van der Waals surface area (Å²) in [4.78, 5) is 48.6. The number of hydrogen-bond acceptors (Lipinski definition) is 9. The Balaban J connectivity index is 0.778. The Kier molecular flexibility index (Phi) is 11.3. The summed E-state index contributed by atoms with van der Waals surface area (Å²) in [6, 6.07) is 21.0. The number of carbonyl (C=O) groups is 3. The molecule has 300 valence electrons. The van der Waals surface area contributed by atoms with Gasteiger partial charge >= 0.3 is 0 Å². The summed E-state index contributed by atoms with van der Waals surface area (Å²) in [6.07, 6.45) is 5.74.